The lowest BCUT2D eigenvalue weighted by molar-refractivity contribution is -0.121. The van der Waals surface area contributed by atoms with Crippen molar-refractivity contribution in [3.63, 3.8) is 0 Å². The van der Waals surface area contributed by atoms with Gasteiger partial charge < -0.3 is 11.1 Å². The highest BCUT2D eigenvalue weighted by molar-refractivity contribution is 5.76. The smallest absolute Gasteiger partial charge is 0.220 e. The molecule has 0 aromatic heterocycles. The van der Waals surface area contributed by atoms with E-state index in [1.54, 1.807) is 0 Å². The first-order valence-corrected chi connectivity index (χ1v) is 7.28. The molecule has 3 heteroatoms. The lowest BCUT2D eigenvalue weighted by atomic mass is 10.1. The standard InChI is InChI=1S/C18H22N2O/c1-14-5-4-6-15(11-14)9-10-18(21)20-13-17-8-3-2-7-16(17)12-19/h2-8,11H,9-10,12-13,19H2,1H3,(H,20,21). The Kier molecular flexibility index (Phi) is 5.52. The molecule has 0 heterocycles. The van der Waals surface area contributed by atoms with Gasteiger partial charge in [-0.05, 0) is 30.0 Å². The van der Waals surface area contributed by atoms with E-state index in [2.05, 4.69) is 30.4 Å². The molecule has 0 fully saturated rings. The number of nitrogens with one attached hydrogen (secondary N) is 1. The van der Waals surface area contributed by atoms with Crippen LogP contribution in [0.4, 0.5) is 0 Å². The quantitative estimate of drug-likeness (QED) is 0.856. The van der Waals surface area contributed by atoms with Gasteiger partial charge in [0.2, 0.25) is 5.91 Å². The predicted molar refractivity (Wildman–Crippen MR) is 85.7 cm³/mol. The Morgan fingerprint density at radius 1 is 1.10 bits per heavy atom. The summed E-state index contributed by atoms with van der Waals surface area (Å²) < 4.78 is 0. The fourth-order valence-corrected chi connectivity index (χ4v) is 2.34. The second-order valence-corrected chi connectivity index (χ2v) is 5.24. The molecule has 0 saturated carbocycles. The molecule has 21 heavy (non-hydrogen) atoms. The van der Waals surface area contributed by atoms with Gasteiger partial charge in [0.25, 0.3) is 0 Å². The minimum atomic E-state index is 0.0725. The zero-order chi connectivity index (χ0) is 15.1. The number of hydrogen-bond acceptors (Lipinski definition) is 2. The molecule has 0 aliphatic heterocycles. The minimum absolute atomic E-state index is 0.0725. The van der Waals surface area contributed by atoms with Crippen LogP contribution in [0.1, 0.15) is 28.7 Å². The fourth-order valence-electron chi connectivity index (χ4n) is 2.34. The van der Waals surface area contributed by atoms with Crippen LogP contribution < -0.4 is 11.1 Å². The van der Waals surface area contributed by atoms with E-state index in [0.29, 0.717) is 19.5 Å². The van der Waals surface area contributed by atoms with Gasteiger partial charge in [-0.25, -0.2) is 0 Å². The van der Waals surface area contributed by atoms with Gasteiger partial charge in [-0.1, -0.05) is 54.1 Å². The van der Waals surface area contributed by atoms with E-state index in [1.165, 1.54) is 11.1 Å². The van der Waals surface area contributed by atoms with Gasteiger partial charge >= 0.3 is 0 Å². The highest BCUT2D eigenvalue weighted by Gasteiger charge is 2.04. The third-order valence-corrected chi connectivity index (χ3v) is 3.54. The predicted octanol–water partition coefficient (Wildman–Crippen LogP) is 2.70. The van der Waals surface area contributed by atoms with E-state index in [-0.39, 0.29) is 5.91 Å². The van der Waals surface area contributed by atoms with Crippen molar-refractivity contribution >= 4 is 5.91 Å². The molecule has 0 atom stereocenters. The van der Waals surface area contributed by atoms with Crippen molar-refractivity contribution in [2.75, 3.05) is 0 Å². The molecule has 0 saturated heterocycles. The number of benzene rings is 2. The summed E-state index contributed by atoms with van der Waals surface area (Å²) in [5.41, 5.74) is 10.3. The van der Waals surface area contributed by atoms with Crippen LogP contribution in [0.2, 0.25) is 0 Å². The van der Waals surface area contributed by atoms with Crippen molar-refractivity contribution in [1.29, 1.82) is 0 Å². The number of amides is 1. The Labute approximate surface area is 126 Å². The van der Waals surface area contributed by atoms with Crippen molar-refractivity contribution < 1.29 is 4.79 Å². The molecule has 0 spiro atoms. The second-order valence-electron chi connectivity index (χ2n) is 5.24. The lowest BCUT2D eigenvalue weighted by Crippen LogP contribution is -2.23. The Morgan fingerprint density at radius 3 is 2.57 bits per heavy atom. The van der Waals surface area contributed by atoms with Crippen molar-refractivity contribution in [3.05, 3.63) is 70.8 Å². The Bertz CT molecular complexity index is 608. The average Bonchev–Trinajstić information content (AvgIpc) is 2.51. The van der Waals surface area contributed by atoms with Crippen LogP contribution in [0.5, 0.6) is 0 Å². The van der Waals surface area contributed by atoms with Crippen LogP contribution in [0, 0.1) is 6.92 Å². The van der Waals surface area contributed by atoms with E-state index in [0.717, 1.165) is 17.5 Å². The van der Waals surface area contributed by atoms with Gasteiger partial charge in [-0.3, -0.25) is 4.79 Å². The van der Waals surface area contributed by atoms with E-state index in [4.69, 9.17) is 5.73 Å². The normalized spacial score (nSPS) is 10.4. The average molecular weight is 282 g/mol. The monoisotopic (exact) mass is 282 g/mol. The van der Waals surface area contributed by atoms with Gasteiger partial charge in [-0.2, -0.15) is 0 Å². The van der Waals surface area contributed by atoms with Crippen LogP contribution in [0.3, 0.4) is 0 Å². The Morgan fingerprint density at radius 2 is 1.86 bits per heavy atom. The first-order valence-electron chi connectivity index (χ1n) is 7.28. The van der Waals surface area contributed by atoms with Crippen molar-refractivity contribution in [1.82, 2.24) is 5.32 Å². The summed E-state index contributed by atoms with van der Waals surface area (Å²) in [6.45, 7) is 3.10. The maximum absolute atomic E-state index is 11.9. The first-order chi connectivity index (χ1) is 10.2. The summed E-state index contributed by atoms with van der Waals surface area (Å²) >= 11 is 0. The summed E-state index contributed by atoms with van der Waals surface area (Å²) in [5, 5.41) is 2.96. The van der Waals surface area contributed by atoms with Crippen LogP contribution >= 0.6 is 0 Å². The summed E-state index contributed by atoms with van der Waals surface area (Å²) in [5.74, 6) is 0.0725. The zero-order valence-corrected chi connectivity index (χ0v) is 12.4. The molecule has 1 amide bonds. The van der Waals surface area contributed by atoms with Crippen molar-refractivity contribution in [2.45, 2.75) is 32.9 Å². The van der Waals surface area contributed by atoms with Gasteiger partial charge in [0.05, 0.1) is 0 Å². The molecule has 2 rings (SSSR count). The lowest BCUT2D eigenvalue weighted by Gasteiger charge is -2.09. The van der Waals surface area contributed by atoms with Gasteiger partial charge in [0.1, 0.15) is 0 Å². The first kappa shape index (κ1) is 15.3. The largest absolute Gasteiger partial charge is 0.352 e. The number of carbonyl (C=O) groups excluding carboxylic acids is 1. The zero-order valence-electron chi connectivity index (χ0n) is 12.4. The Hall–Kier alpha value is -2.13. The van der Waals surface area contributed by atoms with E-state index < -0.39 is 0 Å². The molecule has 0 radical (unpaired) electrons. The third-order valence-electron chi connectivity index (χ3n) is 3.54. The molecule has 0 aliphatic carbocycles. The fraction of sp³-hybridized carbons (Fsp3) is 0.278. The van der Waals surface area contributed by atoms with Crippen molar-refractivity contribution in [3.8, 4) is 0 Å². The van der Waals surface area contributed by atoms with Crippen LogP contribution in [-0.2, 0) is 24.3 Å². The van der Waals surface area contributed by atoms with Crippen LogP contribution in [0.25, 0.3) is 0 Å². The van der Waals surface area contributed by atoms with E-state index >= 15 is 0 Å². The summed E-state index contributed by atoms with van der Waals surface area (Å²) in [7, 11) is 0. The van der Waals surface area contributed by atoms with Gasteiger partial charge in [0.15, 0.2) is 0 Å². The molecular weight excluding hydrogens is 260 g/mol. The topological polar surface area (TPSA) is 55.1 Å². The molecule has 0 aliphatic rings. The maximum Gasteiger partial charge on any atom is 0.220 e. The summed E-state index contributed by atoms with van der Waals surface area (Å²) in [6, 6.07) is 16.2. The number of nitrogens with two attached hydrogens (primary N) is 1. The van der Waals surface area contributed by atoms with E-state index in [1.807, 2.05) is 30.3 Å². The van der Waals surface area contributed by atoms with Gasteiger partial charge in [-0.15, -0.1) is 0 Å². The van der Waals surface area contributed by atoms with Crippen LogP contribution in [-0.4, -0.2) is 5.91 Å². The molecule has 0 unspecified atom stereocenters. The second kappa shape index (κ2) is 7.60. The number of aryl methyl sites for hydroxylation is 2. The molecule has 110 valence electrons. The number of rotatable bonds is 6. The summed E-state index contributed by atoms with van der Waals surface area (Å²) in [6.07, 6.45) is 1.28. The molecule has 2 aromatic rings. The van der Waals surface area contributed by atoms with Gasteiger partial charge in [0, 0.05) is 19.5 Å². The minimum Gasteiger partial charge on any atom is -0.352 e. The highest BCUT2D eigenvalue weighted by Crippen LogP contribution is 2.09. The molecule has 3 N–H and O–H groups in total. The molecular formula is C18H22N2O. The maximum atomic E-state index is 11.9. The Balaban J connectivity index is 1.82. The van der Waals surface area contributed by atoms with E-state index in [9.17, 15) is 4.79 Å². The van der Waals surface area contributed by atoms with Crippen molar-refractivity contribution in [2.24, 2.45) is 5.73 Å². The van der Waals surface area contributed by atoms with Crippen LogP contribution in [0.15, 0.2) is 48.5 Å². The summed E-state index contributed by atoms with van der Waals surface area (Å²) in [4.78, 5) is 11.9. The highest BCUT2D eigenvalue weighted by atomic mass is 16.1. The number of carbonyl (C=O) groups is 1. The molecule has 2 aromatic carbocycles. The molecule has 0 bridgehead atoms. The third kappa shape index (κ3) is 4.72. The molecule has 3 nitrogen and oxygen atoms in total. The number of hydrogen-bond donors (Lipinski definition) is 2. The SMILES string of the molecule is Cc1cccc(CCC(=O)NCc2ccccc2CN)c1.